The van der Waals surface area contributed by atoms with Crippen molar-refractivity contribution in [2.75, 3.05) is 13.2 Å². The van der Waals surface area contributed by atoms with Crippen molar-refractivity contribution in [2.45, 2.75) is 6.42 Å². The van der Waals surface area contributed by atoms with E-state index in [0.29, 0.717) is 6.61 Å². The molecule has 0 aromatic heterocycles. The quantitative estimate of drug-likeness (QED) is 0.758. The van der Waals surface area contributed by atoms with Gasteiger partial charge in [0, 0.05) is 5.56 Å². The molecule has 1 N–H and O–H groups in total. The summed E-state index contributed by atoms with van der Waals surface area (Å²) in [5.41, 5.74) is 0.208. The van der Waals surface area contributed by atoms with Crippen molar-refractivity contribution in [1.82, 2.24) is 0 Å². The fourth-order valence-electron chi connectivity index (χ4n) is 1.41. The molecule has 0 aliphatic carbocycles. The molecular weight excluding hydrogens is 201 g/mol. The maximum atomic E-state index is 13.5. The fourth-order valence-corrected chi connectivity index (χ4v) is 1.41. The molecule has 1 heterocycles. The molecule has 4 nitrogen and oxygen atoms in total. The van der Waals surface area contributed by atoms with Gasteiger partial charge in [0.2, 0.25) is 11.6 Å². The first-order chi connectivity index (χ1) is 7.24. The molecule has 1 aliphatic heterocycles. The van der Waals surface area contributed by atoms with Gasteiger partial charge in [0.25, 0.3) is 0 Å². The molecule has 1 aromatic carbocycles. The highest BCUT2D eigenvalue weighted by molar-refractivity contribution is 5.52. The van der Waals surface area contributed by atoms with Crippen LogP contribution in [0.15, 0.2) is 6.07 Å². The van der Waals surface area contributed by atoms with E-state index in [1.165, 1.54) is 6.07 Å². The largest absolute Gasteiger partial charge is 0.505 e. The number of rotatable bonds is 1. The van der Waals surface area contributed by atoms with Gasteiger partial charge in [-0.15, -0.1) is 0 Å². The van der Waals surface area contributed by atoms with Crippen LogP contribution in [0.1, 0.15) is 5.56 Å². The van der Waals surface area contributed by atoms with E-state index in [-0.39, 0.29) is 30.1 Å². The first-order valence-corrected chi connectivity index (χ1v) is 4.41. The molecule has 0 amide bonds. The maximum absolute atomic E-state index is 13.5. The predicted molar refractivity (Wildman–Crippen MR) is 48.4 cm³/mol. The molecule has 0 saturated heterocycles. The van der Waals surface area contributed by atoms with Crippen molar-refractivity contribution in [3.8, 4) is 23.3 Å². The highest BCUT2D eigenvalue weighted by atomic mass is 19.1. The van der Waals surface area contributed by atoms with Crippen LogP contribution in [0.2, 0.25) is 0 Å². The van der Waals surface area contributed by atoms with Gasteiger partial charge in [0.05, 0.1) is 12.5 Å². The first kappa shape index (κ1) is 9.59. The summed E-state index contributed by atoms with van der Waals surface area (Å²) in [4.78, 5) is 0. The van der Waals surface area contributed by atoms with E-state index in [0.717, 1.165) is 0 Å². The first-order valence-electron chi connectivity index (χ1n) is 4.41. The number of hydrogen-bond acceptors (Lipinski definition) is 4. The van der Waals surface area contributed by atoms with E-state index in [9.17, 15) is 9.50 Å². The minimum absolute atomic E-state index is 0.0700. The smallest absolute Gasteiger partial charge is 0.210 e. The number of phenols is 1. The number of ether oxygens (including phenoxy) is 2. The number of nitriles is 1. The standard InChI is InChI=1S/C10H8FNO3/c11-8-9(13)6(1-2-12)5-7-10(8)15-4-3-14-7/h5,13H,1,3-4H2. The lowest BCUT2D eigenvalue weighted by atomic mass is 10.1. The van der Waals surface area contributed by atoms with Gasteiger partial charge >= 0.3 is 0 Å². The average Bonchev–Trinajstić information content (AvgIpc) is 2.26. The summed E-state index contributed by atoms with van der Waals surface area (Å²) in [6.07, 6.45) is -0.0700. The topological polar surface area (TPSA) is 62.5 Å². The number of halogens is 1. The lowest BCUT2D eigenvalue weighted by Gasteiger charge is -2.20. The minimum Gasteiger partial charge on any atom is -0.505 e. The lowest BCUT2D eigenvalue weighted by Crippen LogP contribution is -2.16. The van der Waals surface area contributed by atoms with Crippen LogP contribution < -0.4 is 9.47 Å². The van der Waals surface area contributed by atoms with Crippen LogP contribution in [-0.2, 0) is 6.42 Å². The second-order valence-corrected chi connectivity index (χ2v) is 3.06. The van der Waals surface area contributed by atoms with E-state index in [1.807, 2.05) is 6.07 Å². The van der Waals surface area contributed by atoms with Crippen LogP contribution in [0.4, 0.5) is 4.39 Å². The second-order valence-electron chi connectivity index (χ2n) is 3.06. The zero-order valence-corrected chi connectivity index (χ0v) is 7.79. The van der Waals surface area contributed by atoms with Gasteiger partial charge < -0.3 is 14.6 Å². The van der Waals surface area contributed by atoms with Crippen molar-refractivity contribution in [1.29, 1.82) is 5.26 Å². The van der Waals surface area contributed by atoms with Gasteiger partial charge in [0.1, 0.15) is 13.2 Å². The Kier molecular flexibility index (Phi) is 2.34. The van der Waals surface area contributed by atoms with Crippen LogP contribution >= 0.6 is 0 Å². The molecule has 0 saturated carbocycles. The summed E-state index contributed by atoms with van der Waals surface area (Å²) in [7, 11) is 0. The third kappa shape index (κ3) is 1.54. The Morgan fingerprint density at radius 2 is 2.20 bits per heavy atom. The van der Waals surface area contributed by atoms with Gasteiger partial charge in [-0.25, -0.2) is 0 Å². The van der Waals surface area contributed by atoms with Gasteiger partial charge in [-0.05, 0) is 6.07 Å². The molecule has 0 fully saturated rings. The molecule has 1 aromatic rings. The number of nitrogens with zero attached hydrogens (tertiary/aromatic N) is 1. The van der Waals surface area contributed by atoms with E-state index in [2.05, 4.69) is 0 Å². The van der Waals surface area contributed by atoms with Crippen molar-refractivity contribution in [3.63, 3.8) is 0 Å². The van der Waals surface area contributed by atoms with Crippen LogP contribution in [0, 0.1) is 17.1 Å². The predicted octanol–water partition coefficient (Wildman–Crippen LogP) is 1.37. The molecule has 15 heavy (non-hydrogen) atoms. The number of hydrogen-bond donors (Lipinski definition) is 1. The van der Waals surface area contributed by atoms with Crippen LogP contribution in [0.25, 0.3) is 0 Å². The third-order valence-electron chi connectivity index (χ3n) is 2.10. The van der Waals surface area contributed by atoms with E-state index in [1.54, 1.807) is 0 Å². The summed E-state index contributed by atoms with van der Waals surface area (Å²) in [6, 6.07) is 3.26. The monoisotopic (exact) mass is 209 g/mol. The maximum Gasteiger partial charge on any atom is 0.210 e. The minimum atomic E-state index is -0.863. The second kappa shape index (κ2) is 3.65. The summed E-state index contributed by atoms with van der Waals surface area (Å²) in [5, 5.41) is 17.9. The Bertz CT molecular complexity index is 439. The molecular formula is C10H8FNO3. The normalized spacial score (nSPS) is 13.3. The summed E-state index contributed by atoms with van der Waals surface area (Å²) >= 11 is 0. The van der Waals surface area contributed by atoms with Crippen LogP contribution in [-0.4, -0.2) is 18.3 Å². The van der Waals surface area contributed by atoms with E-state index >= 15 is 0 Å². The van der Waals surface area contributed by atoms with Crippen LogP contribution in [0.5, 0.6) is 17.2 Å². The number of phenolic OH excluding ortho intramolecular Hbond substituents is 1. The van der Waals surface area contributed by atoms with Crippen molar-refractivity contribution in [3.05, 3.63) is 17.4 Å². The molecule has 0 bridgehead atoms. The molecule has 0 unspecified atom stereocenters. The Hall–Kier alpha value is -1.96. The highest BCUT2D eigenvalue weighted by Gasteiger charge is 2.22. The number of aromatic hydroxyl groups is 1. The molecule has 0 radical (unpaired) electrons. The van der Waals surface area contributed by atoms with Crippen molar-refractivity contribution < 1.29 is 19.0 Å². The Morgan fingerprint density at radius 3 is 2.93 bits per heavy atom. The summed E-state index contributed by atoms with van der Waals surface area (Å²) in [6.45, 7) is 0.587. The SMILES string of the molecule is N#CCc1cc2c(c(F)c1O)OCCO2. The zero-order valence-electron chi connectivity index (χ0n) is 7.79. The molecule has 5 heteroatoms. The van der Waals surface area contributed by atoms with Gasteiger partial charge in [-0.2, -0.15) is 9.65 Å². The summed E-state index contributed by atoms with van der Waals surface area (Å²) < 4.78 is 23.7. The van der Waals surface area contributed by atoms with E-state index < -0.39 is 11.6 Å². The number of fused-ring (bicyclic) bond motifs is 1. The van der Waals surface area contributed by atoms with Gasteiger partial charge in [0.15, 0.2) is 11.5 Å². The molecule has 0 spiro atoms. The molecule has 1 aliphatic rings. The molecule has 2 rings (SSSR count). The van der Waals surface area contributed by atoms with Gasteiger partial charge in [-0.3, -0.25) is 0 Å². The Balaban J connectivity index is 2.53. The molecule has 78 valence electrons. The number of benzene rings is 1. The molecule has 0 atom stereocenters. The Labute approximate surface area is 85.5 Å². The van der Waals surface area contributed by atoms with Crippen molar-refractivity contribution >= 4 is 0 Å². The fraction of sp³-hybridized carbons (Fsp3) is 0.300. The Morgan fingerprint density at radius 1 is 1.47 bits per heavy atom. The van der Waals surface area contributed by atoms with Crippen molar-refractivity contribution in [2.24, 2.45) is 0 Å². The van der Waals surface area contributed by atoms with Gasteiger partial charge in [-0.1, -0.05) is 0 Å². The zero-order chi connectivity index (χ0) is 10.8. The highest BCUT2D eigenvalue weighted by Crippen LogP contribution is 2.40. The van der Waals surface area contributed by atoms with E-state index in [4.69, 9.17) is 14.7 Å². The average molecular weight is 209 g/mol. The van der Waals surface area contributed by atoms with Crippen LogP contribution in [0.3, 0.4) is 0 Å². The lowest BCUT2D eigenvalue weighted by molar-refractivity contribution is 0.162. The third-order valence-corrected chi connectivity index (χ3v) is 2.10. The summed E-state index contributed by atoms with van der Waals surface area (Å²) in [5.74, 6) is -1.25.